The number of nitrogens with zero attached hydrogens (tertiary/aromatic N) is 2. The SMILES string of the molecule is CCOC(=O)c1ncc2[nH]c3ccc(SC)cc3c2n1. The van der Waals surface area contributed by atoms with E-state index in [1.165, 1.54) is 0 Å². The van der Waals surface area contributed by atoms with Crippen LogP contribution in [0.15, 0.2) is 29.3 Å². The van der Waals surface area contributed by atoms with Gasteiger partial charge in [0, 0.05) is 15.8 Å². The molecule has 0 amide bonds. The highest BCUT2D eigenvalue weighted by atomic mass is 32.2. The highest BCUT2D eigenvalue weighted by Crippen LogP contribution is 2.27. The molecular weight excluding hydrogens is 274 g/mol. The summed E-state index contributed by atoms with van der Waals surface area (Å²) in [4.78, 5) is 24.5. The highest BCUT2D eigenvalue weighted by molar-refractivity contribution is 7.98. The number of aromatic amines is 1. The van der Waals surface area contributed by atoms with Gasteiger partial charge in [-0.1, -0.05) is 0 Å². The molecule has 0 unspecified atom stereocenters. The Kier molecular flexibility index (Phi) is 3.31. The molecular formula is C14H13N3O2S. The van der Waals surface area contributed by atoms with E-state index in [2.05, 4.69) is 21.0 Å². The van der Waals surface area contributed by atoms with E-state index >= 15 is 0 Å². The molecule has 0 saturated heterocycles. The molecule has 0 atom stereocenters. The summed E-state index contributed by atoms with van der Waals surface area (Å²) < 4.78 is 4.93. The van der Waals surface area contributed by atoms with Gasteiger partial charge < -0.3 is 9.72 Å². The van der Waals surface area contributed by atoms with Gasteiger partial charge in [0.05, 0.1) is 18.3 Å². The lowest BCUT2D eigenvalue weighted by Gasteiger charge is -2.00. The van der Waals surface area contributed by atoms with E-state index in [1.54, 1.807) is 24.9 Å². The van der Waals surface area contributed by atoms with Crippen LogP contribution in [-0.2, 0) is 4.74 Å². The number of fused-ring (bicyclic) bond motifs is 3. The van der Waals surface area contributed by atoms with Crippen LogP contribution in [0.4, 0.5) is 0 Å². The first-order valence-corrected chi connectivity index (χ1v) is 7.45. The first-order valence-electron chi connectivity index (χ1n) is 6.22. The van der Waals surface area contributed by atoms with Crippen molar-refractivity contribution in [2.24, 2.45) is 0 Å². The summed E-state index contributed by atoms with van der Waals surface area (Å²) in [5.41, 5.74) is 2.54. The number of ether oxygens (including phenoxy) is 1. The second kappa shape index (κ2) is 5.13. The maximum atomic E-state index is 11.7. The summed E-state index contributed by atoms with van der Waals surface area (Å²) in [5, 5.41) is 0.986. The van der Waals surface area contributed by atoms with Crippen molar-refractivity contribution in [2.75, 3.05) is 12.9 Å². The van der Waals surface area contributed by atoms with Gasteiger partial charge in [-0.15, -0.1) is 11.8 Å². The van der Waals surface area contributed by atoms with Crippen molar-refractivity contribution in [3.8, 4) is 0 Å². The minimum absolute atomic E-state index is 0.0924. The van der Waals surface area contributed by atoms with E-state index in [-0.39, 0.29) is 5.82 Å². The van der Waals surface area contributed by atoms with E-state index in [9.17, 15) is 4.79 Å². The van der Waals surface area contributed by atoms with Gasteiger partial charge in [-0.05, 0) is 31.4 Å². The number of hydrogen-bond acceptors (Lipinski definition) is 5. The minimum Gasteiger partial charge on any atom is -0.460 e. The van der Waals surface area contributed by atoms with Crippen molar-refractivity contribution in [1.29, 1.82) is 0 Å². The lowest BCUT2D eigenvalue weighted by Crippen LogP contribution is -2.09. The van der Waals surface area contributed by atoms with Gasteiger partial charge in [0.1, 0.15) is 5.52 Å². The van der Waals surface area contributed by atoms with Crippen molar-refractivity contribution in [3.05, 3.63) is 30.2 Å². The van der Waals surface area contributed by atoms with Gasteiger partial charge in [-0.3, -0.25) is 0 Å². The summed E-state index contributed by atoms with van der Waals surface area (Å²) in [5.74, 6) is -0.403. The molecule has 20 heavy (non-hydrogen) atoms. The van der Waals surface area contributed by atoms with E-state index in [1.807, 2.05) is 18.4 Å². The fraction of sp³-hybridized carbons (Fsp3) is 0.214. The molecule has 1 N–H and O–H groups in total. The number of thioether (sulfide) groups is 1. The molecule has 5 nitrogen and oxygen atoms in total. The molecule has 3 rings (SSSR count). The third kappa shape index (κ3) is 2.12. The summed E-state index contributed by atoms with van der Waals surface area (Å²) in [6.07, 6.45) is 3.64. The summed E-state index contributed by atoms with van der Waals surface area (Å²) in [6, 6.07) is 6.11. The number of nitrogens with one attached hydrogen (secondary N) is 1. The number of H-pyrrole nitrogens is 1. The fourth-order valence-corrected chi connectivity index (χ4v) is 2.51. The maximum absolute atomic E-state index is 11.7. The molecule has 0 aliphatic carbocycles. The van der Waals surface area contributed by atoms with Crippen molar-refractivity contribution >= 4 is 39.7 Å². The van der Waals surface area contributed by atoms with Gasteiger partial charge in [0.2, 0.25) is 5.82 Å². The summed E-state index contributed by atoms with van der Waals surface area (Å²) in [7, 11) is 0. The molecule has 0 aliphatic rings. The molecule has 102 valence electrons. The van der Waals surface area contributed by atoms with Gasteiger partial charge in [-0.25, -0.2) is 14.8 Å². The zero-order valence-electron chi connectivity index (χ0n) is 11.1. The number of benzene rings is 1. The standard InChI is InChI=1S/C14H13N3O2S/c1-3-19-14(18)13-15-7-11-12(17-13)9-6-8(20-2)4-5-10(9)16-11/h4-7,16H,3H2,1-2H3. The van der Waals surface area contributed by atoms with E-state index < -0.39 is 5.97 Å². The van der Waals surface area contributed by atoms with Crippen LogP contribution in [0.25, 0.3) is 21.9 Å². The highest BCUT2D eigenvalue weighted by Gasteiger charge is 2.14. The van der Waals surface area contributed by atoms with Crippen LogP contribution in [0.5, 0.6) is 0 Å². The fourth-order valence-electron chi connectivity index (χ4n) is 2.07. The Morgan fingerprint density at radius 2 is 2.25 bits per heavy atom. The van der Waals surface area contributed by atoms with Crippen LogP contribution < -0.4 is 0 Å². The molecule has 1 aromatic carbocycles. The number of hydrogen-bond donors (Lipinski definition) is 1. The van der Waals surface area contributed by atoms with E-state index in [4.69, 9.17) is 4.74 Å². The van der Waals surface area contributed by atoms with E-state index in [0.29, 0.717) is 6.61 Å². The first-order chi connectivity index (χ1) is 9.72. The van der Waals surface area contributed by atoms with Gasteiger partial charge in [-0.2, -0.15) is 0 Å². The third-order valence-electron chi connectivity index (χ3n) is 3.00. The Balaban J connectivity index is 2.20. The second-order valence-electron chi connectivity index (χ2n) is 4.21. The van der Waals surface area contributed by atoms with Crippen LogP contribution >= 0.6 is 11.8 Å². The smallest absolute Gasteiger partial charge is 0.376 e. The zero-order chi connectivity index (χ0) is 14.1. The average molecular weight is 287 g/mol. The summed E-state index contributed by atoms with van der Waals surface area (Å²) in [6.45, 7) is 2.07. The maximum Gasteiger partial charge on any atom is 0.376 e. The second-order valence-corrected chi connectivity index (χ2v) is 5.09. The molecule has 0 radical (unpaired) electrons. The van der Waals surface area contributed by atoms with Crippen molar-refractivity contribution in [1.82, 2.24) is 15.0 Å². The predicted octanol–water partition coefficient (Wildman–Crippen LogP) is 3.01. The number of carbonyl (C=O) groups excluding carboxylic acids is 1. The van der Waals surface area contributed by atoms with Gasteiger partial charge in [0.15, 0.2) is 0 Å². The monoisotopic (exact) mass is 287 g/mol. The molecule has 0 spiro atoms. The minimum atomic E-state index is -0.496. The molecule has 6 heteroatoms. The van der Waals surface area contributed by atoms with Gasteiger partial charge >= 0.3 is 5.97 Å². The Labute approximate surface area is 119 Å². The van der Waals surface area contributed by atoms with Crippen molar-refractivity contribution in [3.63, 3.8) is 0 Å². The molecule has 0 fully saturated rings. The first kappa shape index (κ1) is 12.9. The lowest BCUT2D eigenvalue weighted by atomic mass is 10.2. The van der Waals surface area contributed by atoms with Crippen LogP contribution in [-0.4, -0.2) is 33.8 Å². The third-order valence-corrected chi connectivity index (χ3v) is 3.72. The molecule has 2 heterocycles. The normalized spacial score (nSPS) is 11.1. The molecule has 0 aliphatic heterocycles. The van der Waals surface area contributed by atoms with Crippen molar-refractivity contribution in [2.45, 2.75) is 11.8 Å². The summed E-state index contributed by atoms with van der Waals surface area (Å²) >= 11 is 1.67. The average Bonchev–Trinajstić information content (AvgIpc) is 2.84. The van der Waals surface area contributed by atoms with Crippen LogP contribution in [0.1, 0.15) is 17.5 Å². The zero-order valence-corrected chi connectivity index (χ0v) is 12.0. The molecule has 0 saturated carbocycles. The Morgan fingerprint density at radius 1 is 1.40 bits per heavy atom. The Morgan fingerprint density at radius 3 is 3.00 bits per heavy atom. The Bertz CT molecular complexity index is 798. The molecule has 2 aromatic heterocycles. The molecule has 0 bridgehead atoms. The lowest BCUT2D eigenvalue weighted by molar-refractivity contribution is 0.0512. The van der Waals surface area contributed by atoms with Crippen LogP contribution in [0, 0.1) is 0 Å². The number of aromatic nitrogens is 3. The molecule has 3 aromatic rings. The topological polar surface area (TPSA) is 67.9 Å². The quantitative estimate of drug-likeness (QED) is 0.592. The number of carbonyl (C=O) groups is 1. The van der Waals surface area contributed by atoms with E-state index in [0.717, 1.165) is 26.8 Å². The van der Waals surface area contributed by atoms with Crippen LogP contribution in [0.3, 0.4) is 0 Å². The Hall–Kier alpha value is -2.08. The largest absolute Gasteiger partial charge is 0.460 e. The van der Waals surface area contributed by atoms with Gasteiger partial charge in [0.25, 0.3) is 0 Å². The van der Waals surface area contributed by atoms with Crippen molar-refractivity contribution < 1.29 is 9.53 Å². The van der Waals surface area contributed by atoms with Crippen LogP contribution in [0.2, 0.25) is 0 Å². The number of esters is 1. The number of rotatable bonds is 3. The predicted molar refractivity (Wildman–Crippen MR) is 79.1 cm³/mol.